The molecule has 0 radical (unpaired) electrons. The van der Waals surface area contributed by atoms with E-state index in [4.69, 9.17) is 0 Å². The third kappa shape index (κ3) is 7.65. The predicted octanol–water partition coefficient (Wildman–Crippen LogP) is 4.71. The molecule has 196 valence electrons. The van der Waals surface area contributed by atoms with Crippen LogP contribution < -0.4 is 5.32 Å². The third-order valence-corrected chi connectivity index (χ3v) is 9.98. The van der Waals surface area contributed by atoms with Gasteiger partial charge in [-0.05, 0) is 80.8 Å². The number of nitrogens with one attached hydrogen (secondary N) is 1. The monoisotopic (exact) mass is 516 g/mol. The Balaban J connectivity index is 0.000000894. The van der Waals surface area contributed by atoms with E-state index in [1.807, 2.05) is 0 Å². The third-order valence-electron chi connectivity index (χ3n) is 7.56. The Kier molecular flexibility index (Phi) is 7.81. The highest BCUT2D eigenvalue weighted by Crippen LogP contribution is 2.49. The van der Waals surface area contributed by atoms with Gasteiger partial charge in [0, 0.05) is 12.7 Å². The first-order valence-corrected chi connectivity index (χ1v) is 14.3. The number of hydrogen-bond acceptors (Lipinski definition) is 5. The van der Waals surface area contributed by atoms with Crippen molar-refractivity contribution in [3.63, 3.8) is 0 Å². The number of ether oxygens (including phenoxy) is 1. The van der Waals surface area contributed by atoms with Crippen LogP contribution in [0.25, 0.3) is 0 Å². The fourth-order valence-corrected chi connectivity index (χ4v) is 7.23. The molecular weight excluding hydrogens is 481 g/mol. The number of halogens is 3. The largest absolute Gasteiger partial charge is 0.433 e. The summed E-state index contributed by atoms with van der Waals surface area (Å²) >= 11 is 0. The highest BCUT2D eigenvalue weighted by molar-refractivity contribution is 7.92. The van der Waals surface area contributed by atoms with Crippen molar-refractivity contribution in [2.45, 2.75) is 76.1 Å². The predicted molar refractivity (Wildman–Crippen MR) is 126 cm³/mol. The lowest BCUT2D eigenvalue weighted by atomic mass is 9.70. The van der Waals surface area contributed by atoms with Crippen LogP contribution in [-0.4, -0.2) is 50.1 Å². The normalized spacial score (nSPS) is 26.5. The molecule has 1 aliphatic heterocycles. The number of amides is 1. The summed E-state index contributed by atoms with van der Waals surface area (Å²) in [6, 6.07) is 0.894. The van der Waals surface area contributed by atoms with Crippen LogP contribution >= 0.6 is 0 Å². The molecule has 3 aliphatic carbocycles. The molecule has 1 saturated heterocycles. The van der Waals surface area contributed by atoms with Gasteiger partial charge >= 0.3 is 6.18 Å². The van der Waals surface area contributed by atoms with Gasteiger partial charge < -0.3 is 10.1 Å². The standard InChI is InChI=1S/C23H31F3N2O3S.C2H4O/c1-15-10-20(23(24,25)26)27-12-19(15)21(29)28-14-22(11-16-2-3-16)8-6-18(7-9-22)32(30,31)13-17-4-5-17;1-2-3-1/h10,12,16-18H,2-9,11,13-14H2,1H3,(H,28,29);1-2H2. The number of pyridine rings is 1. The lowest BCUT2D eigenvalue weighted by Crippen LogP contribution is -2.43. The maximum absolute atomic E-state index is 12.9. The van der Waals surface area contributed by atoms with Gasteiger partial charge in [-0.15, -0.1) is 0 Å². The first-order valence-electron chi connectivity index (χ1n) is 12.6. The Bertz CT molecular complexity index is 1010. The number of carbonyl (C=O) groups excluding carboxylic acids is 1. The molecule has 1 amide bonds. The quantitative estimate of drug-likeness (QED) is 0.506. The summed E-state index contributed by atoms with van der Waals surface area (Å²) in [5.41, 5.74) is -0.783. The minimum atomic E-state index is -4.55. The van der Waals surface area contributed by atoms with Gasteiger partial charge in [0.2, 0.25) is 0 Å². The van der Waals surface area contributed by atoms with Crippen molar-refractivity contribution >= 4 is 15.7 Å². The van der Waals surface area contributed by atoms with Gasteiger partial charge in [-0.2, -0.15) is 13.2 Å². The van der Waals surface area contributed by atoms with Gasteiger partial charge in [-0.3, -0.25) is 9.78 Å². The summed E-state index contributed by atoms with van der Waals surface area (Å²) in [5, 5.41) is 2.64. The molecule has 4 fully saturated rings. The lowest BCUT2D eigenvalue weighted by molar-refractivity contribution is -0.141. The second kappa shape index (κ2) is 10.4. The Hall–Kier alpha value is -1.68. The van der Waals surface area contributed by atoms with Gasteiger partial charge in [-0.25, -0.2) is 8.42 Å². The molecule has 1 aromatic rings. The van der Waals surface area contributed by atoms with Crippen molar-refractivity contribution in [2.24, 2.45) is 17.3 Å². The van der Waals surface area contributed by atoms with E-state index in [0.29, 0.717) is 37.0 Å². The van der Waals surface area contributed by atoms with Gasteiger partial charge in [-0.1, -0.05) is 12.8 Å². The molecule has 35 heavy (non-hydrogen) atoms. The van der Waals surface area contributed by atoms with E-state index >= 15 is 0 Å². The van der Waals surface area contributed by atoms with Gasteiger partial charge in [0.25, 0.3) is 5.91 Å². The summed E-state index contributed by atoms with van der Waals surface area (Å²) in [7, 11) is -3.07. The van der Waals surface area contributed by atoms with E-state index in [1.165, 1.54) is 19.8 Å². The van der Waals surface area contributed by atoms with E-state index in [2.05, 4.69) is 15.0 Å². The van der Waals surface area contributed by atoms with Gasteiger partial charge in [0.1, 0.15) is 5.69 Å². The number of rotatable bonds is 8. The molecule has 5 rings (SSSR count). The number of sulfone groups is 1. The molecule has 1 N–H and O–H groups in total. The van der Waals surface area contributed by atoms with E-state index in [9.17, 15) is 26.4 Å². The van der Waals surface area contributed by atoms with Crippen LogP contribution in [0.15, 0.2) is 12.3 Å². The Morgan fingerprint density at radius 2 is 1.71 bits per heavy atom. The first-order chi connectivity index (χ1) is 16.5. The van der Waals surface area contributed by atoms with Crippen LogP contribution in [-0.2, 0) is 20.8 Å². The molecule has 4 aliphatic rings. The average Bonchev–Trinajstić information content (AvgIpc) is 3.60. The molecular formula is C25H35F3N2O4S. The Morgan fingerprint density at radius 3 is 2.20 bits per heavy atom. The van der Waals surface area contributed by atoms with E-state index < -0.39 is 27.6 Å². The van der Waals surface area contributed by atoms with Gasteiger partial charge in [0.15, 0.2) is 9.84 Å². The number of carbonyl (C=O) groups is 1. The highest BCUT2D eigenvalue weighted by atomic mass is 32.2. The molecule has 1 aromatic heterocycles. The zero-order valence-corrected chi connectivity index (χ0v) is 21.0. The summed E-state index contributed by atoms with van der Waals surface area (Å²) in [5.74, 6) is 0.853. The summed E-state index contributed by atoms with van der Waals surface area (Å²) < 4.78 is 68.5. The van der Waals surface area contributed by atoms with Crippen LogP contribution in [0.2, 0.25) is 0 Å². The zero-order chi connectivity index (χ0) is 25.3. The maximum Gasteiger partial charge on any atom is 0.433 e. The fourth-order valence-electron chi connectivity index (χ4n) is 5.01. The van der Waals surface area contributed by atoms with Crippen molar-refractivity contribution in [1.82, 2.24) is 10.3 Å². The van der Waals surface area contributed by atoms with Crippen LogP contribution in [0.1, 0.15) is 79.4 Å². The van der Waals surface area contributed by atoms with Crippen LogP contribution in [0.3, 0.4) is 0 Å². The van der Waals surface area contributed by atoms with Crippen LogP contribution in [0.4, 0.5) is 13.2 Å². The van der Waals surface area contributed by atoms with Crippen molar-refractivity contribution in [1.29, 1.82) is 0 Å². The average molecular weight is 517 g/mol. The number of alkyl halides is 3. The van der Waals surface area contributed by atoms with Crippen LogP contribution in [0.5, 0.6) is 0 Å². The van der Waals surface area contributed by atoms with E-state index in [0.717, 1.165) is 57.6 Å². The molecule has 3 saturated carbocycles. The second-order valence-corrected chi connectivity index (χ2v) is 13.1. The van der Waals surface area contributed by atoms with Crippen molar-refractivity contribution in [2.75, 3.05) is 25.5 Å². The topological polar surface area (TPSA) is 88.7 Å². The zero-order valence-electron chi connectivity index (χ0n) is 20.2. The Labute approximate surface area is 205 Å². The maximum atomic E-state index is 12.9. The molecule has 2 heterocycles. The van der Waals surface area contributed by atoms with Crippen LogP contribution in [0, 0.1) is 24.2 Å². The lowest BCUT2D eigenvalue weighted by Gasteiger charge is -2.40. The minimum absolute atomic E-state index is 0.139. The summed E-state index contributed by atoms with van der Waals surface area (Å²) in [6.45, 7) is 3.89. The Morgan fingerprint density at radius 1 is 1.11 bits per heavy atom. The highest BCUT2D eigenvalue weighted by Gasteiger charge is 2.44. The SMILES string of the molecule is C1CO1.Cc1cc(C(F)(F)F)ncc1C(=O)NCC1(CC2CC2)CCC(S(=O)(=O)CC2CC2)CC1. The van der Waals surface area contributed by atoms with Crippen molar-refractivity contribution in [3.8, 4) is 0 Å². The molecule has 6 nitrogen and oxygen atoms in total. The fraction of sp³-hybridized carbons (Fsp3) is 0.760. The smallest absolute Gasteiger partial charge is 0.377 e. The van der Waals surface area contributed by atoms with Crippen molar-refractivity contribution in [3.05, 3.63) is 29.1 Å². The molecule has 0 spiro atoms. The molecule has 0 aromatic carbocycles. The number of hydrogen-bond donors (Lipinski definition) is 1. The second-order valence-electron chi connectivity index (χ2n) is 10.8. The summed E-state index contributed by atoms with van der Waals surface area (Å²) in [4.78, 5) is 16.2. The number of aromatic nitrogens is 1. The van der Waals surface area contributed by atoms with E-state index in [1.54, 1.807) is 0 Å². The van der Waals surface area contributed by atoms with Crippen molar-refractivity contribution < 1.29 is 31.1 Å². The first kappa shape index (κ1) is 26.4. The minimum Gasteiger partial charge on any atom is -0.377 e. The number of nitrogens with zero attached hydrogens (tertiary/aromatic N) is 1. The number of aryl methyl sites for hydroxylation is 1. The van der Waals surface area contributed by atoms with Gasteiger partial charge in [0.05, 0.1) is 29.8 Å². The van der Waals surface area contributed by atoms with E-state index in [-0.39, 0.29) is 21.8 Å². The summed E-state index contributed by atoms with van der Waals surface area (Å²) in [6.07, 6.45) is 4.52. The molecule has 0 atom stereocenters. The molecule has 0 unspecified atom stereocenters. The number of epoxide rings is 1. The molecule has 0 bridgehead atoms. The molecule has 10 heteroatoms.